The van der Waals surface area contributed by atoms with E-state index in [-0.39, 0.29) is 0 Å². The fraction of sp³-hybridized carbons (Fsp3) is 0.333. The first kappa shape index (κ1) is 13.6. The van der Waals surface area contributed by atoms with E-state index in [9.17, 15) is 22.0 Å². The highest BCUT2D eigenvalue weighted by Crippen LogP contribution is 2.35. The van der Waals surface area contributed by atoms with Gasteiger partial charge in [-0.1, -0.05) is 11.6 Å². The summed E-state index contributed by atoms with van der Waals surface area (Å²) in [5, 5.41) is 7.43. The van der Waals surface area contributed by atoms with Crippen molar-refractivity contribution >= 4 is 11.6 Å². The summed E-state index contributed by atoms with van der Waals surface area (Å²) < 4.78 is 62.2. The number of nitriles is 1. The summed E-state index contributed by atoms with van der Waals surface area (Å²) in [5.41, 5.74) is -2.84. The molecule has 92 valence electrons. The molecule has 0 bridgehead atoms. The highest BCUT2D eigenvalue weighted by atomic mass is 35.5. The van der Waals surface area contributed by atoms with Crippen molar-refractivity contribution in [2.75, 3.05) is 0 Å². The number of hydrogen-bond donors (Lipinski definition) is 0. The van der Waals surface area contributed by atoms with E-state index < -0.39 is 41.0 Å². The molecule has 17 heavy (non-hydrogen) atoms. The van der Waals surface area contributed by atoms with Crippen LogP contribution in [0.5, 0.6) is 0 Å². The Kier molecular flexibility index (Phi) is 3.88. The van der Waals surface area contributed by atoms with Crippen molar-refractivity contribution in [3.8, 4) is 6.07 Å². The monoisotopic (exact) mass is 270 g/mol. The zero-order chi connectivity index (χ0) is 13.2. The van der Waals surface area contributed by atoms with Crippen molar-refractivity contribution in [1.29, 1.82) is 5.26 Å². The van der Waals surface area contributed by atoms with Crippen LogP contribution in [-0.2, 0) is 12.6 Å². The molecule has 0 atom stereocenters. The molecule has 1 aromatic heterocycles. The number of hydrogen-bond acceptors (Lipinski definition) is 2. The largest absolute Gasteiger partial charge is 0.433 e. The summed E-state index contributed by atoms with van der Waals surface area (Å²) in [4.78, 5) is 2.89. The molecule has 0 fully saturated rings. The fourth-order valence-corrected chi connectivity index (χ4v) is 1.39. The van der Waals surface area contributed by atoms with Gasteiger partial charge in [0.25, 0.3) is 6.43 Å². The van der Waals surface area contributed by atoms with E-state index in [1.807, 2.05) is 0 Å². The minimum Gasteiger partial charge on any atom is -0.231 e. The van der Waals surface area contributed by atoms with Crippen LogP contribution >= 0.6 is 11.6 Å². The minimum atomic E-state index is -4.84. The van der Waals surface area contributed by atoms with Crippen LogP contribution in [0.3, 0.4) is 0 Å². The van der Waals surface area contributed by atoms with Crippen LogP contribution in [0, 0.1) is 11.3 Å². The molecule has 0 unspecified atom stereocenters. The highest BCUT2D eigenvalue weighted by molar-refractivity contribution is 6.30. The Morgan fingerprint density at radius 3 is 2.41 bits per heavy atom. The second-order valence-electron chi connectivity index (χ2n) is 3.01. The summed E-state index contributed by atoms with van der Waals surface area (Å²) >= 11 is 5.23. The first-order chi connectivity index (χ1) is 7.77. The smallest absolute Gasteiger partial charge is 0.231 e. The molecular formula is C9H4ClF5N2. The van der Waals surface area contributed by atoms with Gasteiger partial charge in [0.15, 0.2) is 0 Å². The zero-order valence-corrected chi connectivity index (χ0v) is 8.78. The average Bonchev–Trinajstić information content (AvgIpc) is 2.18. The van der Waals surface area contributed by atoms with E-state index in [0.717, 1.165) is 0 Å². The van der Waals surface area contributed by atoms with Crippen LogP contribution < -0.4 is 0 Å². The normalized spacial score (nSPS) is 11.6. The lowest BCUT2D eigenvalue weighted by molar-refractivity contribution is -0.141. The van der Waals surface area contributed by atoms with Crippen molar-refractivity contribution in [3.05, 3.63) is 28.0 Å². The molecule has 1 rings (SSSR count). The number of pyridine rings is 1. The molecule has 0 saturated carbocycles. The van der Waals surface area contributed by atoms with Crippen LogP contribution in [-0.4, -0.2) is 4.98 Å². The molecule has 0 aliphatic heterocycles. The highest BCUT2D eigenvalue weighted by Gasteiger charge is 2.36. The van der Waals surface area contributed by atoms with Crippen LogP contribution in [0.1, 0.15) is 23.2 Å². The van der Waals surface area contributed by atoms with E-state index in [2.05, 4.69) is 4.98 Å². The van der Waals surface area contributed by atoms with Gasteiger partial charge in [-0.15, -0.1) is 0 Å². The number of alkyl halides is 5. The van der Waals surface area contributed by atoms with Gasteiger partial charge < -0.3 is 0 Å². The standard InChI is InChI=1S/C9H4ClF5N2/c10-7-5(8(11)12)3-4(1-2-16)6(17-7)9(13,14)15/h3,8H,1H2. The Morgan fingerprint density at radius 1 is 1.41 bits per heavy atom. The summed E-state index contributed by atoms with van der Waals surface area (Å²) in [6.45, 7) is 0. The van der Waals surface area contributed by atoms with Crippen LogP contribution in [0.25, 0.3) is 0 Å². The summed E-state index contributed by atoms with van der Waals surface area (Å²) in [7, 11) is 0. The average molecular weight is 271 g/mol. The molecule has 8 heteroatoms. The molecule has 0 amide bonds. The van der Waals surface area contributed by atoms with Gasteiger partial charge in [-0.2, -0.15) is 18.4 Å². The van der Waals surface area contributed by atoms with Crippen LogP contribution in [0.4, 0.5) is 22.0 Å². The Hall–Kier alpha value is -1.42. The molecule has 1 aromatic rings. The van der Waals surface area contributed by atoms with Crippen molar-refractivity contribution in [2.24, 2.45) is 0 Å². The first-order valence-electron chi connectivity index (χ1n) is 4.19. The van der Waals surface area contributed by atoms with Gasteiger partial charge >= 0.3 is 6.18 Å². The van der Waals surface area contributed by atoms with Gasteiger partial charge in [0.05, 0.1) is 18.1 Å². The van der Waals surface area contributed by atoms with Crippen molar-refractivity contribution < 1.29 is 22.0 Å². The second-order valence-corrected chi connectivity index (χ2v) is 3.37. The summed E-state index contributed by atoms with van der Waals surface area (Å²) in [5.74, 6) is 0. The maximum absolute atomic E-state index is 12.5. The summed E-state index contributed by atoms with van der Waals surface area (Å²) in [6.07, 6.45) is -8.55. The van der Waals surface area contributed by atoms with Gasteiger partial charge in [-0.3, -0.25) is 0 Å². The molecule has 2 nitrogen and oxygen atoms in total. The van der Waals surface area contributed by atoms with Gasteiger partial charge in [-0.05, 0) is 11.6 Å². The number of aromatic nitrogens is 1. The molecule has 0 aromatic carbocycles. The molecule has 0 spiro atoms. The Labute approximate surface area is 97.6 Å². The third kappa shape index (κ3) is 3.03. The Bertz CT molecular complexity index is 464. The van der Waals surface area contributed by atoms with E-state index in [4.69, 9.17) is 16.9 Å². The van der Waals surface area contributed by atoms with E-state index in [0.29, 0.717) is 6.07 Å². The molecular weight excluding hydrogens is 267 g/mol. The Balaban J connectivity index is 3.42. The maximum atomic E-state index is 12.5. The van der Waals surface area contributed by atoms with Crippen LogP contribution in [0.15, 0.2) is 6.07 Å². The zero-order valence-electron chi connectivity index (χ0n) is 8.02. The van der Waals surface area contributed by atoms with Gasteiger partial charge in [-0.25, -0.2) is 13.8 Å². The fourth-order valence-electron chi connectivity index (χ4n) is 1.17. The van der Waals surface area contributed by atoms with Gasteiger partial charge in [0.1, 0.15) is 10.8 Å². The Morgan fingerprint density at radius 2 is 2.00 bits per heavy atom. The lowest BCUT2D eigenvalue weighted by Gasteiger charge is -2.12. The van der Waals surface area contributed by atoms with Gasteiger partial charge in [0.2, 0.25) is 0 Å². The molecule has 0 N–H and O–H groups in total. The minimum absolute atomic E-state index is 0.562. The van der Waals surface area contributed by atoms with E-state index in [1.165, 1.54) is 6.07 Å². The lowest BCUT2D eigenvalue weighted by Crippen LogP contribution is -2.13. The van der Waals surface area contributed by atoms with Crippen molar-refractivity contribution in [3.63, 3.8) is 0 Å². The third-order valence-corrected chi connectivity index (χ3v) is 2.16. The number of rotatable bonds is 2. The second kappa shape index (κ2) is 4.84. The topological polar surface area (TPSA) is 36.7 Å². The van der Waals surface area contributed by atoms with E-state index >= 15 is 0 Å². The van der Waals surface area contributed by atoms with Crippen molar-refractivity contribution in [2.45, 2.75) is 19.0 Å². The van der Waals surface area contributed by atoms with Crippen molar-refractivity contribution in [1.82, 2.24) is 4.98 Å². The molecule has 0 radical (unpaired) electrons. The molecule has 1 heterocycles. The van der Waals surface area contributed by atoms with Crippen LogP contribution in [0.2, 0.25) is 5.15 Å². The molecule has 0 saturated heterocycles. The summed E-state index contributed by atoms with van der Waals surface area (Å²) in [6, 6.07) is 2.02. The van der Waals surface area contributed by atoms with E-state index in [1.54, 1.807) is 0 Å². The lowest BCUT2D eigenvalue weighted by atomic mass is 10.1. The SMILES string of the molecule is N#CCc1cc(C(F)F)c(Cl)nc1C(F)(F)F. The maximum Gasteiger partial charge on any atom is 0.433 e. The first-order valence-corrected chi connectivity index (χ1v) is 4.56. The predicted octanol–water partition coefficient (Wildman–Crippen LogP) is 3.76. The third-order valence-electron chi connectivity index (χ3n) is 1.86. The number of nitrogens with zero attached hydrogens (tertiary/aromatic N) is 2. The predicted molar refractivity (Wildman–Crippen MR) is 48.5 cm³/mol. The molecule has 0 aliphatic carbocycles. The quantitative estimate of drug-likeness (QED) is 0.606. The number of halogens is 6. The molecule has 0 aliphatic rings. The van der Waals surface area contributed by atoms with Gasteiger partial charge in [0, 0.05) is 0 Å².